The van der Waals surface area contributed by atoms with Crippen molar-refractivity contribution in [2.24, 2.45) is 5.92 Å². The normalized spacial score (nSPS) is 16.1. The predicted octanol–water partition coefficient (Wildman–Crippen LogP) is 12.4. The largest absolute Gasteiger partial charge is 0.456 e. The quantitative estimate of drug-likeness (QED) is 0.172. The molecule has 0 saturated heterocycles. The standard InChI is InChI=1S/C46H33N3O2/c1-28-12-5-6-15-32(28)29-22-24-31(25-23-29)45-47-44(30-13-3-2-4-14-30)48-46(49-45)42-34(26-27-40-41(42)37-17-8-10-21-39(37)50-40)36-19-11-18-35-33-16-7-9-20-38(33)51-43(35)36/h2-11,13-14,16-28,32H,12,15H2,1H3. The van der Waals surface area contributed by atoms with Gasteiger partial charge < -0.3 is 8.83 Å². The van der Waals surface area contributed by atoms with Crippen LogP contribution in [0.25, 0.3) is 89.2 Å². The van der Waals surface area contributed by atoms with Gasteiger partial charge in [-0.3, -0.25) is 0 Å². The van der Waals surface area contributed by atoms with Crippen LogP contribution in [0.4, 0.5) is 0 Å². The maximum absolute atomic E-state index is 6.58. The van der Waals surface area contributed by atoms with Crippen molar-refractivity contribution in [1.82, 2.24) is 15.0 Å². The first-order valence-electron chi connectivity index (χ1n) is 17.6. The third-order valence-electron chi connectivity index (χ3n) is 10.5. The lowest BCUT2D eigenvalue weighted by molar-refractivity contribution is 0.449. The molecule has 1 aliphatic carbocycles. The van der Waals surface area contributed by atoms with Crippen molar-refractivity contribution in [3.05, 3.63) is 151 Å². The highest BCUT2D eigenvalue weighted by atomic mass is 16.3. The molecule has 0 fully saturated rings. The van der Waals surface area contributed by atoms with Crippen molar-refractivity contribution in [2.75, 3.05) is 0 Å². The predicted molar refractivity (Wildman–Crippen MR) is 206 cm³/mol. The smallest absolute Gasteiger partial charge is 0.165 e. The SMILES string of the molecule is CC1CC=CCC1c1ccc(-c2nc(-c3ccccc3)nc(-c3c(-c4cccc5c4oc4ccccc45)ccc4oc5ccccc5c34)n2)cc1. The first kappa shape index (κ1) is 29.6. The summed E-state index contributed by atoms with van der Waals surface area (Å²) in [7, 11) is 0. The van der Waals surface area contributed by atoms with Gasteiger partial charge in [-0.15, -0.1) is 0 Å². The summed E-state index contributed by atoms with van der Waals surface area (Å²) in [6.07, 6.45) is 6.80. The van der Waals surface area contributed by atoms with E-state index in [4.69, 9.17) is 23.8 Å². The third kappa shape index (κ3) is 4.96. The number of hydrogen-bond acceptors (Lipinski definition) is 5. The van der Waals surface area contributed by atoms with Crippen LogP contribution < -0.4 is 0 Å². The number of fused-ring (bicyclic) bond motifs is 6. The van der Waals surface area contributed by atoms with Crippen LogP contribution in [-0.4, -0.2) is 15.0 Å². The van der Waals surface area contributed by atoms with Gasteiger partial charge in [0.05, 0.1) is 0 Å². The van der Waals surface area contributed by atoms with Crippen molar-refractivity contribution >= 4 is 43.9 Å². The fraction of sp³-hybridized carbons (Fsp3) is 0.109. The molecule has 6 aromatic carbocycles. The Morgan fingerprint density at radius 3 is 1.92 bits per heavy atom. The summed E-state index contributed by atoms with van der Waals surface area (Å²) < 4.78 is 13.0. The fourth-order valence-electron chi connectivity index (χ4n) is 7.86. The van der Waals surface area contributed by atoms with Gasteiger partial charge in [-0.2, -0.15) is 0 Å². The van der Waals surface area contributed by atoms with Gasteiger partial charge in [0.2, 0.25) is 0 Å². The number of nitrogens with zero attached hydrogens (tertiary/aromatic N) is 3. The number of rotatable bonds is 5. The van der Waals surface area contributed by atoms with E-state index in [2.05, 4.69) is 91.9 Å². The van der Waals surface area contributed by atoms with Gasteiger partial charge in [0.25, 0.3) is 0 Å². The van der Waals surface area contributed by atoms with Crippen LogP contribution in [0.2, 0.25) is 0 Å². The summed E-state index contributed by atoms with van der Waals surface area (Å²) in [4.78, 5) is 15.6. The number of aromatic nitrogens is 3. The van der Waals surface area contributed by atoms with Crippen LogP contribution >= 0.6 is 0 Å². The molecule has 0 radical (unpaired) electrons. The van der Waals surface area contributed by atoms with Crippen LogP contribution in [0.1, 0.15) is 31.2 Å². The van der Waals surface area contributed by atoms with Gasteiger partial charge in [0.15, 0.2) is 17.5 Å². The lowest BCUT2D eigenvalue weighted by Gasteiger charge is -2.25. The molecule has 2 atom stereocenters. The van der Waals surface area contributed by atoms with Gasteiger partial charge in [0.1, 0.15) is 22.3 Å². The van der Waals surface area contributed by atoms with Crippen molar-refractivity contribution in [3.8, 4) is 45.3 Å². The Labute approximate surface area is 294 Å². The molecule has 1 aliphatic rings. The maximum atomic E-state index is 6.58. The Morgan fingerprint density at radius 2 is 1.14 bits per heavy atom. The summed E-state index contributed by atoms with van der Waals surface area (Å²) in [6, 6.07) is 45.8. The first-order chi connectivity index (χ1) is 25.2. The summed E-state index contributed by atoms with van der Waals surface area (Å²) in [5.41, 5.74) is 9.30. The molecule has 10 rings (SSSR count). The molecule has 0 N–H and O–H groups in total. The van der Waals surface area contributed by atoms with E-state index in [0.717, 1.165) is 84.5 Å². The lowest BCUT2D eigenvalue weighted by atomic mass is 9.79. The molecule has 5 nitrogen and oxygen atoms in total. The van der Waals surface area contributed by atoms with E-state index in [1.165, 1.54) is 5.56 Å². The Hall–Kier alpha value is -6.33. The van der Waals surface area contributed by atoms with E-state index in [1.807, 2.05) is 60.7 Å². The summed E-state index contributed by atoms with van der Waals surface area (Å²) >= 11 is 0. The van der Waals surface area contributed by atoms with Gasteiger partial charge >= 0.3 is 0 Å². The summed E-state index contributed by atoms with van der Waals surface area (Å²) in [5, 5.41) is 4.11. The number of para-hydroxylation sites is 3. The van der Waals surface area contributed by atoms with Gasteiger partial charge in [-0.1, -0.05) is 128 Å². The second-order valence-electron chi connectivity index (χ2n) is 13.6. The minimum absolute atomic E-state index is 0.508. The van der Waals surface area contributed by atoms with E-state index >= 15 is 0 Å². The highest BCUT2D eigenvalue weighted by molar-refractivity contribution is 6.17. The average molecular weight is 660 g/mol. The first-order valence-corrected chi connectivity index (χ1v) is 17.6. The molecule has 3 heterocycles. The molecule has 0 bridgehead atoms. The van der Waals surface area contributed by atoms with Crippen LogP contribution in [0, 0.1) is 5.92 Å². The second kappa shape index (κ2) is 11.9. The Kier molecular flexibility index (Phi) is 6.91. The molecule has 9 aromatic rings. The number of allylic oxidation sites excluding steroid dienone is 2. The summed E-state index contributed by atoms with van der Waals surface area (Å²) in [5.74, 6) is 2.93. The number of furan rings is 2. The van der Waals surface area contributed by atoms with Crippen LogP contribution in [0.15, 0.2) is 154 Å². The van der Waals surface area contributed by atoms with E-state index in [0.29, 0.717) is 29.3 Å². The number of benzene rings is 6. The highest BCUT2D eigenvalue weighted by Crippen LogP contribution is 2.45. The van der Waals surface area contributed by atoms with Gasteiger partial charge in [-0.25, -0.2) is 15.0 Å². The van der Waals surface area contributed by atoms with Gasteiger partial charge in [-0.05, 0) is 60.1 Å². The molecule has 3 aromatic heterocycles. The zero-order chi connectivity index (χ0) is 33.9. The van der Waals surface area contributed by atoms with Crippen LogP contribution in [0.5, 0.6) is 0 Å². The molecule has 0 saturated carbocycles. The molecule has 5 heteroatoms. The molecule has 0 amide bonds. The maximum Gasteiger partial charge on any atom is 0.165 e. The Bertz CT molecular complexity index is 2780. The number of hydrogen-bond donors (Lipinski definition) is 0. The van der Waals surface area contributed by atoms with Crippen LogP contribution in [0.3, 0.4) is 0 Å². The van der Waals surface area contributed by atoms with E-state index in [1.54, 1.807) is 0 Å². The Balaban J connectivity index is 1.24. The molecule has 0 spiro atoms. The van der Waals surface area contributed by atoms with Crippen molar-refractivity contribution in [3.63, 3.8) is 0 Å². The molecular formula is C46H33N3O2. The summed E-state index contributed by atoms with van der Waals surface area (Å²) in [6.45, 7) is 2.34. The van der Waals surface area contributed by atoms with E-state index in [-0.39, 0.29) is 0 Å². The highest BCUT2D eigenvalue weighted by Gasteiger charge is 2.25. The van der Waals surface area contributed by atoms with Crippen molar-refractivity contribution < 1.29 is 8.83 Å². The molecule has 51 heavy (non-hydrogen) atoms. The van der Waals surface area contributed by atoms with Crippen molar-refractivity contribution in [1.29, 1.82) is 0 Å². The second-order valence-corrected chi connectivity index (χ2v) is 13.6. The van der Waals surface area contributed by atoms with E-state index in [9.17, 15) is 0 Å². The monoisotopic (exact) mass is 659 g/mol. The topological polar surface area (TPSA) is 65.0 Å². The van der Waals surface area contributed by atoms with Crippen LogP contribution in [-0.2, 0) is 0 Å². The molecular weight excluding hydrogens is 627 g/mol. The van der Waals surface area contributed by atoms with Gasteiger partial charge in [0, 0.05) is 43.8 Å². The lowest BCUT2D eigenvalue weighted by Crippen LogP contribution is -2.11. The molecule has 244 valence electrons. The van der Waals surface area contributed by atoms with E-state index < -0.39 is 0 Å². The Morgan fingerprint density at radius 1 is 0.490 bits per heavy atom. The molecule has 2 unspecified atom stereocenters. The third-order valence-corrected chi connectivity index (χ3v) is 10.5. The zero-order valence-corrected chi connectivity index (χ0v) is 28.1. The minimum Gasteiger partial charge on any atom is -0.456 e. The van der Waals surface area contributed by atoms with Crippen molar-refractivity contribution in [2.45, 2.75) is 25.7 Å². The molecule has 0 aliphatic heterocycles. The fourth-order valence-corrected chi connectivity index (χ4v) is 7.86. The minimum atomic E-state index is 0.508. The zero-order valence-electron chi connectivity index (χ0n) is 28.1. The average Bonchev–Trinajstić information content (AvgIpc) is 3.77.